The number of hydrogen-bond donors (Lipinski definition) is 2. The Hall–Kier alpha value is -3.66. The molecule has 30 heavy (non-hydrogen) atoms. The second-order valence-electron chi connectivity index (χ2n) is 7.42. The Morgan fingerprint density at radius 1 is 1.10 bits per heavy atom. The minimum absolute atomic E-state index is 0.263. The minimum Gasteiger partial charge on any atom is -0.317 e. The lowest BCUT2D eigenvalue weighted by Crippen LogP contribution is -2.29. The lowest BCUT2D eigenvalue weighted by Gasteiger charge is -2.22. The van der Waals surface area contributed by atoms with Crippen molar-refractivity contribution in [1.82, 2.24) is 40.3 Å². The molecule has 3 aromatic heterocycles. The predicted octanol–water partition coefficient (Wildman–Crippen LogP) is 1.80. The van der Waals surface area contributed by atoms with E-state index in [0.717, 1.165) is 48.0 Å². The Balaban J connectivity index is 1.35. The Morgan fingerprint density at radius 2 is 1.97 bits per heavy atom. The summed E-state index contributed by atoms with van der Waals surface area (Å²) < 4.78 is 3.54. The SMILES string of the molecule is Cn1cc(-c2ccc3nnc(NC(=O)c4cn(C5CCNCC5)nn4)cc3c2)cn1. The first kappa shape index (κ1) is 18.4. The monoisotopic (exact) mass is 403 g/mol. The summed E-state index contributed by atoms with van der Waals surface area (Å²) in [7, 11) is 1.88. The number of nitrogens with one attached hydrogen (secondary N) is 2. The molecule has 1 aromatic carbocycles. The lowest BCUT2D eigenvalue weighted by molar-refractivity contribution is 0.102. The van der Waals surface area contributed by atoms with E-state index >= 15 is 0 Å². The molecule has 152 valence electrons. The number of aromatic nitrogens is 7. The standard InChI is InChI=1S/C20H21N9O/c1-28-11-15(10-22-28)13-2-3-17-14(8-13)9-19(26-24-17)23-20(30)18-12-29(27-25-18)16-4-6-21-7-5-16/h2-3,8-12,16,21H,4-7H2,1H3,(H,23,26,30). The van der Waals surface area contributed by atoms with Crippen LogP contribution in [0.15, 0.2) is 42.9 Å². The number of carbonyl (C=O) groups excluding carboxylic acids is 1. The molecular weight excluding hydrogens is 382 g/mol. The fourth-order valence-corrected chi connectivity index (χ4v) is 3.67. The molecule has 1 fully saturated rings. The molecule has 0 radical (unpaired) electrons. The van der Waals surface area contributed by atoms with Gasteiger partial charge in [-0.3, -0.25) is 9.48 Å². The zero-order valence-electron chi connectivity index (χ0n) is 16.5. The van der Waals surface area contributed by atoms with E-state index in [4.69, 9.17) is 0 Å². The second kappa shape index (κ2) is 7.64. The van der Waals surface area contributed by atoms with Crippen LogP contribution in [0.4, 0.5) is 5.82 Å². The van der Waals surface area contributed by atoms with E-state index in [1.54, 1.807) is 21.6 Å². The first-order valence-corrected chi connectivity index (χ1v) is 9.86. The fourth-order valence-electron chi connectivity index (χ4n) is 3.67. The van der Waals surface area contributed by atoms with Gasteiger partial charge in [-0.25, -0.2) is 4.68 Å². The average molecular weight is 403 g/mol. The van der Waals surface area contributed by atoms with Gasteiger partial charge >= 0.3 is 0 Å². The molecule has 1 amide bonds. The van der Waals surface area contributed by atoms with Gasteiger partial charge in [0, 0.05) is 24.2 Å². The predicted molar refractivity (Wildman–Crippen MR) is 111 cm³/mol. The van der Waals surface area contributed by atoms with Crippen LogP contribution in [0.25, 0.3) is 22.0 Å². The van der Waals surface area contributed by atoms with Gasteiger partial charge in [-0.2, -0.15) is 5.10 Å². The van der Waals surface area contributed by atoms with Crippen LogP contribution in [-0.2, 0) is 7.05 Å². The van der Waals surface area contributed by atoms with Gasteiger partial charge in [0.15, 0.2) is 11.5 Å². The zero-order chi connectivity index (χ0) is 20.5. The van der Waals surface area contributed by atoms with Crippen molar-refractivity contribution in [3.63, 3.8) is 0 Å². The number of benzene rings is 1. The molecule has 0 bridgehead atoms. The molecule has 5 rings (SSSR count). The Morgan fingerprint density at radius 3 is 2.77 bits per heavy atom. The van der Waals surface area contributed by atoms with Crippen molar-refractivity contribution in [3.8, 4) is 11.1 Å². The van der Waals surface area contributed by atoms with Crippen LogP contribution >= 0.6 is 0 Å². The third-order valence-corrected chi connectivity index (χ3v) is 5.29. The fraction of sp³-hybridized carbons (Fsp3) is 0.300. The number of aryl methyl sites for hydroxylation is 1. The summed E-state index contributed by atoms with van der Waals surface area (Å²) in [5.74, 6) is 0.0134. The third kappa shape index (κ3) is 3.64. The summed E-state index contributed by atoms with van der Waals surface area (Å²) in [5, 5.41) is 27.7. The summed E-state index contributed by atoms with van der Waals surface area (Å²) in [6, 6.07) is 7.96. The van der Waals surface area contributed by atoms with Gasteiger partial charge in [-0.1, -0.05) is 11.3 Å². The van der Waals surface area contributed by atoms with Crippen molar-refractivity contribution in [2.75, 3.05) is 18.4 Å². The molecule has 1 aliphatic heterocycles. The van der Waals surface area contributed by atoms with Crippen molar-refractivity contribution in [2.45, 2.75) is 18.9 Å². The van der Waals surface area contributed by atoms with Crippen LogP contribution in [0.3, 0.4) is 0 Å². The van der Waals surface area contributed by atoms with Crippen molar-refractivity contribution >= 4 is 22.6 Å². The van der Waals surface area contributed by atoms with Gasteiger partial charge in [0.1, 0.15) is 0 Å². The number of nitrogens with zero attached hydrogens (tertiary/aromatic N) is 7. The van der Waals surface area contributed by atoms with Gasteiger partial charge in [-0.05, 0) is 49.7 Å². The van der Waals surface area contributed by atoms with Crippen molar-refractivity contribution in [3.05, 3.63) is 48.5 Å². The number of amides is 1. The van der Waals surface area contributed by atoms with E-state index in [2.05, 4.69) is 36.2 Å². The van der Waals surface area contributed by atoms with Crippen molar-refractivity contribution in [1.29, 1.82) is 0 Å². The highest BCUT2D eigenvalue weighted by Gasteiger charge is 2.19. The van der Waals surface area contributed by atoms with Crippen LogP contribution in [-0.4, -0.2) is 54.0 Å². The maximum Gasteiger partial charge on any atom is 0.279 e. The quantitative estimate of drug-likeness (QED) is 0.534. The summed E-state index contributed by atoms with van der Waals surface area (Å²) in [4.78, 5) is 12.6. The molecular formula is C20H21N9O. The Labute approximate surface area is 172 Å². The van der Waals surface area contributed by atoms with E-state index < -0.39 is 0 Å². The first-order chi connectivity index (χ1) is 14.7. The molecule has 0 atom stereocenters. The lowest BCUT2D eigenvalue weighted by atomic mass is 10.1. The normalized spacial score (nSPS) is 14.8. The van der Waals surface area contributed by atoms with E-state index in [9.17, 15) is 4.79 Å². The molecule has 1 aliphatic rings. The van der Waals surface area contributed by atoms with Crippen LogP contribution in [0.5, 0.6) is 0 Å². The summed E-state index contributed by atoms with van der Waals surface area (Å²) in [5.41, 5.74) is 3.04. The number of carbonyl (C=O) groups is 1. The Kier molecular flexibility index (Phi) is 4.68. The van der Waals surface area contributed by atoms with Gasteiger partial charge in [0.25, 0.3) is 5.91 Å². The summed E-state index contributed by atoms with van der Waals surface area (Å²) >= 11 is 0. The molecule has 10 heteroatoms. The Bertz CT molecular complexity index is 1210. The number of fused-ring (bicyclic) bond motifs is 1. The molecule has 4 heterocycles. The summed E-state index contributed by atoms with van der Waals surface area (Å²) in [6.07, 6.45) is 7.40. The van der Waals surface area contributed by atoms with Crippen molar-refractivity contribution < 1.29 is 4.79 Å². The molecule has 0 spiro atoms. The number of rotatable bonds is 4. The van der Waals surface area contributed by atoms with E-state index in [1.165, 1.54) is 0 Å². The zero-order valence-corrected chi connectivity index (χ0v) is 16.5. The van der Waals surface area contributed by atoms with Gasteiger partial charge in [0.05, 0.1) is 24.0 Å². The highest BCUT2D eigenvalue weighted by atomic mass is 16.2. The van der Waals surface area contributed by atoms with E-state index in [0.29, 0.717) is 5.82 Å². The highest BCUT2D eigenvalue weighted by molar-refractivity contribution is 6.02. The van der Waals surface area contributed by atoms with E-state index in [1.807, 2.05) is 37.6 Å². The van der Waals surface area contributed by atoms with E-state index in [-0.39, 0.29) is 17.6 Å². The van der Waals surface area contributed by atoms with Gasteiger partial charge < -0.3 is 10.6 Å². The molecule has 0 unspecified atom stereocenters. The number of piperidine rings is 1. The smallest absolute Gasteiger partial charge is 0.279 e. The van der Waals surface area contributed by atoms with Crippen LogP contribution in [0.2, 0.25) is 0 Å². The molecule has 10 nitrogen and oxygen atoms in total. The van der Waals surface area contributed by atoms with Crippen LogP contribution in [0.1, 0.15) is 29.4 Å². The first-order valence-electron chi connectivity index (χ1n) is 9.86. The van der Waals surface area contributed by atoms with Gasteiger partial charge in [-0.15, -0.1) is 15.3 Å². The summed E-state index contributed by atoms with van der Waals surface area (Å²) in [6.45, 7) is 1.89. The topological polar surface area (TPSA) is 115 Å². The minimum atomic E-state index is -0.354. The van der Waals surface area contributed by atoms with Crippen LogP contribution in [0, 0.1) is 0 Å². The largest absolute Gasteiger partial charge is 0.317 e. The molecule has 2 N–H and O–H groups in total. The van der Waals surface area contributed by atoms with Crippen LogP contribution < -0.4 is 10.6 Å². The molecule has 0 aliphatic carbocycles. The maximum atomic E-state index is 12.6. The third-order valence-electron chi connectivity index (χ3n) is 5.29. The van der Waals surface area contributed by atoms with Crippen molar-refractivity contribution in [2.24, 2.45) is 7.05 Å². The maximum absolute atomic E-state index is 12.6. The van der Waals surface area contributed by atoms with Gasteiger partial charge in [0.2, 0.25) is 0 Å². The second-order valence-corrected chi connectivity index (χ2v) is 7.42. The average Bonchev–Trinajstić information content (AvgIpc) is 3.43. The molecule has 0 saturated carbocycles. The highest BCUT2D eigenvalue weighted by Crippen LogP contribution is 2.24. The molecule has 1 saturated heterocycles. The molecule has 4 aromatic rings. The number of anilines is 1. The number of hydrogen-bond acceptors (Lipinski definition) is 7.